The summed E-state index contributed by atoms with van der Waals surface area (Å²) >= 11 is 0. The molecule has 0 heterocycles. The average Bonchev–Trinajstić information content (AvgIpc) is 3.24. The van der Waals surface area contributed by atoms with Crippen molar-refractivity contribution in [3.05, 3.63) is 0 Å². The maximum atomic E-state index is 8.87. The Morgan fingerprint density at radius 2 is 1.54 bits per heavy atom. The van der Waals surface area contributed by atoms with Crippen LogP contribution >= 0.6 is 0 Å². The summed E-state index contributed by atoms with van der Waals surface area (Å²) in [4.78, 5) is 0. The van der Waals surface area contributed by atoms with Gasteiger partial charge in [-0.2, -0.15) is 0 Å². The van der Waals surface area contributed by atoms with Crippen molar-refractivity contribution in [2.75, 3.05) is 13.2 Å². The first kappa shape index (κ1) is 22.2. The molecule has 0 aromatic carbocycles. The number of unbranched alkanes of at least 4 members (excludes halogenated alkanes) is 9. The first-order valence-corrected chi connectivity index (χ1v) is 12.0. The Morgan fingerprint density at radius 3 is 2.23 bits per heavy atom. The van der Waals surface area contributed by atoms with Crippen LogP contribution in [0.4, 0.5) is 0 Å². The van der Waals surface area contributed by atoms with Crippen molar-refractivity contribution in [3.63, 3.8) is 0 Å². The number of fused-ring (bicyclic) bond motifs is 2. The lowest BCUT2D eigenvalue weighted by molar-refractivity contribution is -0.0135. The molecule has 0 aromatic heterocycles. The van der Waals surface area contributed by atoms with E-state index < -0.39 is 0 Å². The monoisotopic (exact) mass is 366 g/mol. The van der Waals surface area contributed by atoms with Gasteiger partial charge in [0, 0.05) is 13.2 Å². The number of ether oxygens (including phenoxy) is 1. The lowest BCUT2D eigenvalue weighted by Crippen LogP contribution is -2.31. The topological polar surface area (TPSA) is 29.5 Å². The molecule has 0 spiro atoms. The van der Waals surface area contributed by atoms with Gasteiger partial charge in [-0.25, -0.2) is 0 Å². The molecule has 2 aliphatic rings. The molecule has 2 bridgehead atoms. The zero-order valence-electron chi connectivity index (χ0n) is 17.8. The molecule has 0 saturated heterocycles. The molecule has 2 saturated carbocycles. The molecular weight excluding hydrogens is 320 g/mol. The summed E-state index contributed by atoms with van der Waals surface area (Å²) in [6, 6.07) is 0. The van der Waals surface area contributed by atoms with Gasteiger partial charge in [0.05, 0.1) is 6.10 Å². The number of hydrogen-bond acceptors (Lipinski definition) is 2. The first-order chi connectivity index (χ1) is 12.8. The minimum absolute atomic E-state index is 0.326. The summed E-state index contributed by atoms with van der Waals surface area (Å²) in [6.07, 6.45) is 20.8. The van der Waals surface area contributed by atoms with Crippen LogP contribution in [0.15, 0.2) is 0 Å². The summed E-state index contributed by atoms with van der Waals surface area (Å²) in [5.41, 5.74) is 0. The highest BCUT2D eigenvalue weighted by molar-refractivity contribution is 4.97. The molecule has 154 valence electrons. The highest BCUT2D eigenvalue weighted by atomic mass is 16.5. The van der Waals surface area contributed by atoms with Gasteiger partial charge in [-0.1, -0.05) is 71.6 Å². The van der Waals surface area contributed by atoms with Crippen molar-refractivity contribution in [2.45, 2.75) is 116 Å². The second kappa shape index (κ2) is 13.2. The van der Waals surface area contributed by atoms with Gasteiger partial charge in [0.25, 0.3) is 0 Å². The molecule has 5 atom stereocenters. The van der Waals surface area contributed by atoms with Crippen molar-refractivity contribution in [1.29, 1.82) is 0 Å². The van der Waals surface area contributed by atoms with Gasteiger partial charge in [0.2, 0.25) is 0 Å². The van der Waals surface area contributed by atoms with E-state index in [9.17, 15) is 0 Å². The fourth-order valence-corrected chi connectivity index (χ4v) is 5.62. The van der Waals surface area contributed by atoms with Gasteiger partial charge in [-0.05, 0) is 62.2 Å². The second-order valence-electron chi connectivity index (χ2n) is 9.34. The van der Waals surface area contributed by atoms with Crippen LogP contribution in [0.2, 0.25) is 0 Å². The molecule has 2 aliphatic carbocycles. The fourth-order valence-electron chi connectivity index (χ4n) is 5.62. The van der Waals surface area contributed by atoms with Crippen LogP contribution in [0, 0.1) is 23.7 Å². The van der Waals surface area contributed by atoms with E-state index in [1.165, 1.54) is 77.0 Å². The fraction of sp³-hybridized carbons (Fsp3) is 1.00. The van der Waals surface area contributed by atoms with E-state index in [-0.39, 0.29) is 0 Å². The summed E-state index contributed by atoms with van der Waals surface area (Å²) in [5, 5.41) is 8.87. The lowest BCUT2D eigenvalue weighted by atomic mass is 9.77. The molecule has 2 fully saturated rings. The van der Waals surface area contributed by atoms with Crippen LogP contribution in [0.5, 0.6) is 0 Å². The normalized spacial score (nSPS) is 28.7. The summed E-state index contributed by atoms with van der Waals surface area (Å²) in [7, 11) is 0. The van der Waals surface area contributed by atoms with Crippen LogP contribution in [-0.2, 0) is 4.74 Å². The van der Waals surface area contributed by atoms with Gasteiger partial charge < -0.3 is 9.84 Å². The van der Waals surface area contributed by atoms with Crippen LogP contribution in [0.1, 0.15) is 110 Å². The standard InChI is InChI=1S/C24H46O2/c1-3-4-5-6-7-8-9-11-14-20(2)22-17-21-18-23(22)24(19-21)26-16-13-10-12-15-25/h20-25H,3-19H2,1-2H3. The highest BCUT2D eigenvalue weighted by Crippen LogP contribution is 2.53. The number of hydrogen-bond donors (Lipinski definition) is 1. The molecule has 0 aliphatic heterocycles. The average molecular weight is 367 g/mol. The summed E-state index contributed by atoms with van der Waals surface area (Å²) < 4.78 is 6.27. The van der Waals surface area contributed by atoms with E-state index in [1.807, 2.05) is 0 Å². The van der Waals surface area contributed by atoms with Gasteiger partial charge in [-0.3, -0.25) is 0 Å². The quantitative estimate of drug-likeness (QED) is 0.306. The Hall–Kier alpha value is -0.0800. The lowest BCUT2D eigenvalue weighted by Gasteiger charge is -2.33. The Morgan fingerprint density at radius 1 is 0.846 bits per heavy atom. The second-order valence-corrected chi connectivity index (χ2v) is 9.34. The zero-order chi connectivity index (χ0) is 18.6. The van der Waals surface area contributed by atoms with Crippen LogP contribution in [0.3, 0.4) is 0 Å². The largest absolute Gasteiger partial charge is 0.396 e. The van der Waals surface area contributed by atoms with Crippen LogP contribution < -0.4 is 0 Å². The molecule has 2 nitrogen and oxygen atoms in total. The summed E-state index contributed by atoms with van der Waals surface area (Å²) in [5.74, 6) is 3.63. The first-order valence-electron chi connectivity index (χ1n) is 12.0. The Labute approximate surface area is 163 Å². The van der Waals surface area contributed by atoms with E-state index >= 15 is 0 Å². The minimum Gasteiger partial charge on any atom is -0.396 e. The maximum Gasteiger partial charge on any atom is 0.0608 e. The number of rotatable bonds is 16. The van der Waals surface area contributed by atoms with Gasteiger partial charge in [0.1, 0.15) is 0 Å². The Balaban J connectivity index is 1.55. The third-order valence-corrected chi connectivity index (χ3v) is 7.18. The van der Waals surface area contributed by atoms with E-state index in [2.05, 4.69) is 13.8 Å². The molecule has 5 unspecified atom stereocenters. The van der Waals surface area contributed by atoms with Crippen molar-refractivity contribution in [3.8, 4) is 0 Å². The van der Waals surface area contributed by atoms with Gasteiger partial charge >= 0.3 is 0 Å². The Bertz CT molecular complexity index is 343. The zero-order valence-corrected chi connectivity index (χ0v) is 17.8. The van der Waals surface area contributed by atoms with Gasteiger partial charge in [-0.15, -0.1) is 0 Å². The predicted octanol–water partition coefficient (Wildman–Crippen LogP) is 6.75. The van der Waals surface area contributed by atoms with Crippen LogP contribution in [-0.4, -0.2) is 24.4 Å². The molecule has 1 N–H and O–H groups in total. The smallest absolute Gasteiger partial charge is 0.0608 e. The number of aliphatic hydroxyl groups excluding tert-OH is 1. The third kappa shape index (κ3) is 7.50. The van der Waals surface area contributed by atoms with Gasteiger partial charge in [0.15, 0.2) is 0 Å². The molecule has 0 radical (unpaired) electrons. The maximum absolute atomic E-state index is 8.87. The van der Waals surface area contributed by atoms with E-state index in [1.54, 1.807) is 0 Å². The van der Waals surface area contributed by atoms with E-state index in [4.69, 9.17) is 9.84 Å². The third-order valence-electron chi connectivity index (χ3n) is 7.18. The highest BCUT2D eigenvalue weighted by Gasteiger charge is 2.48. The Kier molecular flexibility index (Phi) is 11.2. The molecule has 0 amide bonds. The van der Waals surface area contributed by atoms with Crippen molar-refractivity contribution < 1.29 is 9.84 Å². The van der Waals surface area contributed by atoms with Crippen molar-refractivity contribution in [2.24, 2.45) is 23.7 Å². The van der Waals surface area contributed by atoms with E-state index in [0.29, 0.717) is 12.7 Å². The molecule has 2 rings (SSSR count). The van der Waals surface area contributed by atoms with Crippen molar-refractivity contribution >= 4 is 0 Å². The van der Waals surface area contributed by atoms with Crippen LogP contribution in [0.25, 0.3) is 0 Å². The molecule has 2 heteroatoms. The van der Waals surface area contributed by atoms with E-state index in [0.717, 1.165) is 49.5 Å². The number of aliphatic hydroxyl groups is 1. The predicted molar refractivity (Wildman–Crippen MR) is 111 cm³/mol. The molecule has 0 aromatic rings. The molecular formula is C24H46O2. The van der Waals surface area contributed by atoms with Crippen molar-refractivity contribution in [1.82, 2.24) is 0 Å². The molecule has 26 heavy (non-hydrogen) atoms. The minimum atomic E-state index is 0.326. The SMILES string of the molecule is CCCCCCCCCCC(C)C1CC2CC(OCCCCCO)C1C2. The summed E-state index contributed by atoms with van der Waals surface area (Å²) in [6.45, 7) is 6.05.